The fourth-order valence-electron chi connectivity index (χ4n) is 4.14. The molecular formula is C23H22ClFN6O4. The predicted octanol–water partition coefficient (Wildman–Crippen LogP) is 3.50. The van der Waals surface area contributed by atoms with E-state index in [9.17, 15) is 19.1 Å². The average molecular weight is 501 g/mol. The van der Waals surface area contributed by atoms with Crippen molar-refractivity contribution in [1.82, 2.24) is 24.5 Å². The third-order valence-corrected chi connectivity index (χ3v) is 6.11. The fraction of sp³-hybridized carbons (Fsp3) is 0.261. The van der Waals surface area contributed by atoms with Gasteiger partial charge >= 0.3 is 0 Å². The molecule has 0 spiro atoms. The van der Waals surface area contributed by atoms with Crippen molar-refractivity contribution in [2.45, 2.75) is 25.7 Å². The monoisotopic (exact) mass is 500 g/mol. The lowest BCUT2D eigenvalue weighted by molar-refractivity contribution is 0.101. The summed E-state index contributed by atoms with van der Waals surface area (Å²) in [4.78, 5) is 30.0. The van der Waals surface area contributed by atoms with Gasteiger partial charge in [0.15, 0.2) is 5.69 Å². The maximum Gasteiger partial charge on any atom is 0.296 e. The second-order valence-corrected chi connectivity index (χ2v) is 8.57. The zero-order valence-corrected chi connectivity index (χ0v) is 20.0. The van der Waals surface area contributed by atoms with Crippen LogP contribution >= 0.6 is 11.6 Å². The van der Waals surface area contributed by atoms with Gasteiger partial charge in [0.1, 0.15) is 23.6 Å². The Kier molecular flexibility index (Phi) is 6.44. The van der Waals surface area contributed by atoms with E-state index in [0.717, 1.165) is 10.3 Å². The Morgan fingerprint density at radius 3 is 2.66 bits per heavy atom. The Balaban J connectivity index is 1.88. The number of aryl methyl sites for hydroxylation is 2. The highest BCUT2D eigenvalue weighted by Crippen LogP contribution is 2.41. The molecule has 2 atom stereocenters. The van der Waals surface area contributed by atoms with Crippen LogP contribution in [-0.2, 0) is 14.1 Å². The number of nitrogens with one attached hydrogen (secondary N) is 1. The molecule has 0 fully saturated rings. The molecule has 0 aliphatic rings. The lowest BCUT2D eigenvalue weighted by Crippen LogP contribution is -2.30. The number of amides is 1. The van der Waals surface area contributed by atoms with Crippen molar-refractivity contribution in [1.29, 1.82) is 0 Å². The van der Waals surface area contributed by atoms with E-state index in [-0.39, 0.29) is 11.5 Å². The summed E-state index contributed by atoms with van der Waals surface area (Å²) in [6, 6.07) is 5.87. The van der Waals surface area contributed by atoms with Gasteiger partial charge in [-0.15, -0.1) is 0 Å². The van der Waals surface area contributed by atoms with Gasteiger partial charge in [-0.1, -0.05) is 23.7 Å². The van der Waals surface area contributed by atoms with Gasteiger partial charge in [-0.25, -0.2) is 9.37 Å². The van der Waals surface area contributed by atoms with Crippen molar-refractivity contribution in [3.05, 3.63) is 86.4 Å². The van der Waals surface area contributed by atoms with E-state index in [4.69, 9.17) is 11.6 Å². The Labute approximate surface area is 204 Å². The summed E-state index contributed by atoms with van der Waals surface area (Å²) in [5, 5.41) is 21.1. The number of rotatable bonds is 6. The lowest BCUT2D eigenvalue weighted by atomic mass is 9.83. The zero-order valence-electron chi connectivity index (χ0n) is 19.3. The van der Waals surface area contributed by atoms with E-state index in [1.165, 1.54) is 37.7 Å². The molecule has 3 heterocycles. The molecule has 0 aliphatic carbocycles. The first kappa shape index (κ1) is 24.1. The molecule has 182 valence electrons. The molecule has 2 N–H and O–H groups in total. The second-order valence-electron chi connectivity index (χ2n) is 8.16. The third-order valence-electron chi connectivity index (χ3n) is 5.76. The van der Waals surface area contributed by atoms with Gasteiger partial charge in [0, 0.05) is 36.6 Å². The summed E-state index contributed by atoms with van der Waals surface area (Å²) in [6.45, 7) is 3.59. The van der Waals surface area contributed by atoms with Gasteiger partial charge in [-0.05, 0) is 36.8 Å². The minimum absolute atomic E-state index is 0.174. The minimum atomic E-state index is -0.825. The summed E-state index contributed by atoms with van der Waals surface area (Å²) in [5.74, 6) is -3.15. The van der Waals surface area contributed by atoms with Crippen molar-refractivity contribution in [3.8, 4) is 5.75 Å². The molecule has 3 aromatic heterocycles. The number of aromatic hydroxyl groups is 1. The fourth-order valence-corrected chi connectivity index (χ4v) is 4.37. The van der Waals surface area contributed by atoms with Crippen LogP contribution in [-0.4, -0.2) is 35.5 Å². The molecule has 0 radical (unpaired) electrons. The van der Waals surface area contributed by atoms with Crippen molar-refractivity contribution in [2.24, 2.45) is 14.1 Å². The standard InChI is InChI=1S/C23H22ClFN6O4/c1-11-7-17(31(4)29-11)18(15-8-13(25)5-6-16(15)24)12(2)21-28-19(20(32)23(34)30(21)3)22(33)27-14-9-26-35-10-14/h5-10,12,18,32H,1-4H3,(H,27,33)/t12-,18+/m0/s1. The van der Waals surface area contributed by atoms with Gasteiger partial charge in [-0.3, -0.25) is 18.8 Å². The molecular weight excluding hydrogens is 479 g/mol. The van der Waals surface area contributed by atoms with Crippen molar-refractivity contribution >= 4 is 23.2 Å². The highest BCUT2D eigenvalue weighted by molar-refractivity contribution is 6.31. The largest absolute Gasteiger partial charge is 0.501 e. The second kappa shape index (κ2) is 9.34. The number of benzene rings is 1. The first-order valence-corrected chi connectivity index (χ1v) is 10.9. The van der Waals surface area contributed by atoms with E-state index >= 15 is 0 Å². The predicted molar refractivity (Wildman–Crippen MR) is 125 cm³/mol. The van der Waals surface area contributed by atoms with Gasteiger partial charge < -0.3 is 14.9 Å². The van der Waals surface area contributed by atoms with Gasteiger partial charge in [0.05, 0.1) is 11.9 Å². The molecule has 35 heavy (non-hydrogen) atoms. The summed E-state index contributed by atoms with van der Waals surface area (Å²) < 4.78 is 21.8. The molecule has 0 aliphatic heterocycles. The first-order chi connectivity index (χ1) is 16.6. The minimum Gasteiger partial charge on any atom is -0.501 e. The molecule has 4 aromatic rings. The number of hydrogen-bond acceptors (Lipinski definition) is 7. The number of halogens is 2. The summed E-state index contributed by atoms with van der Waals surface area (Å²) in [7, 11) is 3.18. The Bertz CT molecular complexity index is 1460. The normalized spacial score (nSPS) is 13.0. The topological polar surface area (TPSA) is 128 Å². The SMILES string of the molecule is Cc1cc([C@@H](c2cc(F)ccc2Cl)[C@H](C)c2nc(C(=O)Nc3cnoc3)c(O)c(=O)n2C)n(C)n1. The Hall–Kier alpha value is -3.99. The number of hydrogen-bond donors (Lipinski definition) is 2. The highest BCUT2D eigenvalue weighted by atomic mass is 35.5. The number of anilines is 1. The maximum atomic E-state index is 14.3. The summed E-state index contributed by atoms with van der Waals surface area (Å²) >= 11 is 6.48. The van der Waals surface area contributed by atoms with Crippen LogP contribution < -0.4 is 10.9 Å². The highest BCUT2D eigenvalue weighted by Gasteiger charge is 2.32. The van der Waals surface area contributed by atoms with Crippen LogP contribution in [0.5, 0.6) is 5.75 Å². The van der Waals surface area contributed by atoms with Crippen molar-refractivity contribution in [3.63, 3.8) is 0 Å². The lowest BCUT2D eigenvalue weighted by Gasteiger charge is -2.27. The molecule has 0 saturated carbocycles. The molecule has 1 aromatic carbocycles. The van der Waals surface area contributed by atoms with Gasteiger partial charge in [-0.2, -0.15) is 5.10 Å². The Morgan fingerprint density at radius 2 is 2.03 bits per heavy atom. The molecule has 12 heteroatoms. The van der Waals surface area contributed by atoms with Crippen LogP contribution in [0.4, 0.5) is 10.1 Å². The van der Waals surface area contributed by atoms with Crippen LogP contribution in [0.3, 0.4) is 0 Å². The summed E-state index contributed by atoms with van der Waals surface area (Å²) in [5.41, 5.74) is 0.819. The van der Waals surface area contributed by atoms with Crippen molar-refractivity contribution < 1.29 is 18.8 Å². The Morgan fingerprint density at radius 1 is 1.29 bits per heavy atom. The van der Waals surface area contributed by atoms with E-state index in [2.05, 4.69) is 25.1 Å². The first-order valence-electron chi connectivity index (χ1n) is 10.5. The third kappa shape index (κ3) is 4.54. The average Bonchev–Trinajstić information content (AvgIpc) is 3.43. The smallest absolute Gasteiger partial charge is 0.296 e. The van der Waals surface area contributed by atoms with Gasteiger partial charge in [0.25, 0.3) is 11.5 Å². The number of carbonyl (C=O) groups is 1. The van der Waals surface area contributed by atoms with E-state index in [1.807, 2.05) is 13.0 Å². The summed E-state index contributed by atoms with van der Waals surface area (Å²) in [6.07, 6.45) is 2.44. The van der Waals surface area contributed by atoms with E-state index in [0.29, 0.717) is 16.3 Å². The molecule has 0 bridgehead atoms. The van der Waals surface area contributed by atoms with E-state index in [1.54, 1.807) is 18.7 Å². The molecule has 10 nitrogen and oxygen atoms in total. The molecule has 4 rings (SSSR count). The maximum absolute atomic E-state index is 14.3. The van der Waals surface area contributed by atoms with Crippen molar-refractivity contribution in [2.75, 3.05) is 5.32 Å². The quantitative estimate of drug-likeness (QED) is 0.414. The molecule has 0 saturated heterocycles. The van der Waals surface area contributed by atoms with Crippen LogP contribution in [0.1, 0.15) is 52.0 Å². The number of nitrogens with zero attached hydrogens (tertiary/aromatic N) is 5. The number of aromatic nitrogens is 5. The van der Waals surface area contributed by atoms with Crippen LogP contribution in [0, 0.1) is 12.7 Å². The number of carbonyl (C=O) groups excluding carboxylic acids is 1. The van der Waals surface area contributed by atoms with Crippen LogP contribution in [0.2, 0.25) is 5.02 Å². The van der Waals surface area contributed by atoms with Gasteiger partial charge in [0.2, 0.25) is 5.75 Å². The van der Waals surface area contributed by atoms with Crippen LogP contribution in [0.15, 0.2) is 46.0 Å². The molecule has 1 amide bonds. The van der Waals surface area contributed by atoms with E-state index < -0.39 is 40.6 Å². The zero-order chi connectivity index (χ0) is 25.4. The molecule has 0 unspecified atom stereocenters. The van der Waals surface area contributed by atoms with Crippen LogP contribution in [0.25, 0.3) is 0 Å².